The molecule has 0 saturated carbocycles. The summed E-state index contributed by atoms with van der Waals surface area (Å²) in [5, 5.41) is 10.0. The number of benzene rings is 2. The summed E-state index contributed by atoms with van der Waals surface area (Å²) in [6.07, 6.45) is 0.250. The largest absolute Gasteiger partial charge is 0.400 e. The summed E-state index contributed by atoms with van der Waals surface area (Å²) in [5.74, 6) is 0. The van der Waals surface area contributed by atoms with E-state index in [1.807, 2.05) is 0 Å². The minimum Gasteiger partial charge on any atom is -0.400 e. The maximum atomic E-state index is 8.12. The lowest BCUT2D eigenvalue weighted by molar-refractivity contribution is -0.191. The molecule has 0 radical (unpaired) electrons. The highest BCUT2D eigenvalue weighted by molar-refractivity contribution is 6.67. The van der Waals surface area contributed by atoms with Gasteiger partial charge in [0, 0.05) is 7.11 Å². The molecular formula is C15H20O3Si. The predicted octanol–water partition coefficient (Wildman–Crippen LogP) is 0.467. The number of aliphatic hydroxyl groups excluding tert-OH is 1. The van der Waals surface area contributed by atoms with Crippen LogP contribution in [0.15, 0.2) is 60.7 Å². The molecule has 0 aliphatic rings. The van der Waals surface area contributed by atoms with Crippen LogP contribution in [-0.4, -0.2) is 27.9 Å². The predicted molar refractivity (Wildman–Crippen MR) is 80.6 cm³/mol. The van der Waals surface area contributed by atoms with Crippen LogP contribution in [0, 0.1) is 0 Å². The van der Waals surface area contributed by atoms with Crippen molar-refractivity contribution in [1.82, 2.24) is 0 Å². The van der Waals surface area contributed by atoms with Crippen LogP contribution in [-0.2, 0) is 9.59 Å². The molecule has 0 aliphatic heterocycles. The van der Waals surface area contributed by atoms with Crippen molar-refractivity contribution in [1.29, 1.82) is 0 Å². The van der Waals surface area contributed by atoms with Gasteiger partial charge in [-0.3, -0.25) is 0 Å². The van der Waals surface area contributed by atoms with Crippen LogP contribution in [0.2, 0.25) is 0 Å². The van der Waals surface area contributed by atoms with Crippen molar-refractivity contribution in [2.45, 2.75) is 7.43 Å². The van der Waals surface area contributed by atoms with E-state index in [9.17, 15) is 0 Å². The molecule has 0 bridgehead atoms. The fraction of sp³-hybridized carbons (Fsp3) is 0.133. The molecule has 2 rings (SSSR count). The number of carbonyl (C=O) groups excluding carboxylic acids is 2. The summed E-state index contributed by atoms with van der Waals surface area (Å²) >= 11 is 0. The second-order valence-electron chi connectivity index (χ2n) is 3.23. The highest BCUT2D eigenvalue weighted by Crippen LogP contribution is 1.84. The standard InChI is InChI=1S/C12H12Si.CO2.CH4O.CH4/c1-3-7-11(8-4-1)13-12-9-5-2-6-10-12;2-1-3;1-2;/h1-10H,13H2;;2H,1H3;1H4. The van der Waals surface area contributed by atoms with E-state index in [1.165, 1.54) is 10.4 Å². The zero-order valence-electron chi connectivity index (χ0n) is 10.2. The van der Waals surface area contributed by atoms with Gasteiger partial charge in [-0.25, -0.2) is 0 Å². The quantitative estimate of drug-likeness (QED) is 0.811. The Balaban J connectivity index is 0. The van der Waals surface area contributed by atoms with Gasteiger partial charge in [-0.15, -0.1) is 0 Å². The van der Waals surface area contributed by atoms with Gasteiger partial charge in [-0.05, 0) is 0 Å². The van der Waals surface area contributed by atoms with Crippen LogP contribution < -0.4 is 10.4 Å². The first kappa shape index (κ1) is 19.3. The minimum absolute atomic E-state index is 0. The molecule has 0 amide bonds. The molecule has 3 nitrogen and oxygen atoms in total. The molecule has 0 fully saturated rings. The topological polar surface area (TPSA) is 54.4 Å². The Morgan fingerprint density at radius 3 is 1.32 bits per heavy atom. The number of aliphatic hydroxyl groups is 1. The lowest BCUT2D eigenvalue weighted by atomic mass is 10.4. The highest BCUT2D eigenvalue weighted by atomic mass is 28.2. The average molecular weight is 276 g/mol. The van der Waals surface area contributed by atoms with Crippen molar-refractivity contribution in [3.63, 3.8) is 0 Å². The molecule has 2 aromatic rings. The van der Waals surface area contributed by atoms with Gasteiger partial charge in [0.1, 0.15) is 0 Å². The van der Waals surface area contributed by atoms with Crippen molar-refractivity contribution in [3.05, 3.63) is 60.7 Å². The van der Waals surface area contributed by atoms with Crippen molar-refractivity contribution < 1.29 is 14.7 Å². The number of rotatable bonds is 2. The fourth-order valence-corrected chi connectivity index (χ4v) is 2.91. The normalized spacial score (nSPS) is 7.47. The van der Waals surface area contributed by atoms with Gasteiger partial charge in [0.15, 0.2) is 0 Å². The van der Waals surface area contributed by atoms with Gasteiger partial charge in [0.05, 0.1) is 9.52 Å². The highest BCUT2D eigenvalue weighted by Gasteiger charge is 1.93. The molecule has 0 saturated heterocycles. The van der Waals surface area contributed by atoms with Crippen molar-refractivity contribution >= 4 is 26.0 Å². The van der Waals surface area contributed by atoms with Crippen LogP contribution in [0.4, 0.5) is 0 Å². The third-order valence-corrected chi connectivity index (χ3v) is 3.85. The van der Waals surface area contributed by atoms with E-state index in [0.29, 0.717) is 0 Å². The average Bonchev–Trinajstić information content (AvgIpc) is 2.44. The van der Waals surface area contributed by atoms with E-state index < -0.39 is 0 Å². The van der Waals surface area contributed by atoms with Gasteiger partial charge in [0.25, 0.3) is 0 Å². The Morgan fingerprint density at radius 1 is 0.789 bits per heavy atom. The molecule has 4 heteroatoms. The lowest BCUT2D eigenvalue weighted by Crippen LogP contribution is -2.26. The van der Waals surface area contributed by atoms with Gasteiger partial charge >= 0.3 is 6.15 Å². The summed E-state index contributed by atoms with van der Waals surface area (Å²) in [5.41, 5.74) is 0. The van der Waals surface area contributed by atoms with Crippen LogP contribution >= 0.6 is 0 Å². The third-order valence-electron chi connectivity index (χ3n) is 2.09. The van der Waals surface area contributed by atoms with Crippen LogP contribution in [0.25, 0.3) is 0 Å². The Labute approximate surface area is 116 Å². The second kappa shape index (κ2) is 14.1. The van der Waals surface area contributed by atoms with Gasteiger partial charge in [-0.1, -0.05) is 78.5 Å². The molecule has 0 unspecified atom stereocenters. The number of hydrogen-bond acceptors (Lipinski definition) is 3. The summed E-state index contributed by atoms with van der Waals surface area (Å²) in [6.45, 7) is 0. The summed E-state index contributed by atoms with van der Waals surface area (Å²) in [6, 6.07) is 21.5. The maximum absolute atomic E-state index is 8.12. The monoisotopic (exact) mass is 276 g/mol. The first-order valence-electron chi connectivity index (χ1n) is 5.38. The minimum atomic E-state index is -0.234. The van der Waals surface area contributed by atoms with Gasteiger partial charge in [-0.2, -0.15) is 9.59 Å². The molecule has 0 spiro atoms. The lowest BCUT2D eigenvalue weighted by Gasteiger charge is -1.99. The van der Waals surface area contributed by atoms with Crippen LogP contribution in [0.3, 0.4) is 0 Å². The summed E-state index contributed by atoms with van der Waals surface area (Å²) in [4.78, 5) is 16.2. The Bertz CT molecular complexity index is 400. The van der Waals surface area contributed by atoms with Crippen LogP contribution in [0.5, 0.6) is 0 Å². The molecule has 0 aromatic heterocycles. The Hall–Kier alpha value is -2.00. The zero-order chi connectivity index (χ0) is 13.6. The summed E-state index contributed by atoms with van der Waals surface area (Å²) in [7, 11) is 0.766. The molecule has 19 heavy (non-hydrogen) atoms. The molecule has 0 heterocycles. The first-order chi connectivity index (χ1) is 8.86. The molecule has 0 aliphatic carbocycles. The fourth-order valence-electron chi connectivity index (χ4n) is 1.43. The van der Waals surface area contributed by atoms with Crippen molar-refractivity contribution in [2.24, 2.45) is 0 Å². The van der Waals surface area contributed by atoms with E-state index in [-0.39, 0.29) is 23.1 Å². The van der Waals surface area contributed by atoms with Crippen molar-refractivity contribution in [3.8, 4) is 0 Å². The third kappa shape index (κ3) is 9.68. The van der Waals surface area contributed by atoms with Gasteiger partial charge in [0.2, 0.25) is 0 Å². The first-order valence-corrected chi connectivity index (χ1v) is 6.80. The Morgan fingerprint density at radius 2 is 1.05 bits per heavy atom. The summed E-state index contributed by atoms with van der Waals surface area (Å²) < 4.78 is 0. The van der Waals surface area contributed by atoms with Gasteiger partial charge < -0.3 is 5.11 Å². The Kier molecular flexibility index (Phi) is 14.3. The number of hydrogen-bond donors (Lipinski definition) is 1. The van der Waals surface area contributed by atoms with E-state index in [4.69, 9.17) is 14.7 Å². The van der Waals surface area contributed by atoms with E-state index >= 15 is 0 Å². The molecule has 2 aromatic carbocycles. The molecule has 0 atom stereocenters. The van der Waals surface area contributed by atoms with Crippen LogP contribution in [0.1, 0.15) is 7.43 Å². The van der Waals surface area contributed by atoms with E-state index in [2.05, 4.69) is 60.7 Å². The smallest absolute Gasteiger partial charge is 0.373 e. The zero-order valence-corrected chi connectivity index (χ0v) is 11.7. The van der Waals surface area contributed by atoms with E-state index in [1.54, 1.807) is 0 Å². The second-order valence-corrected chi connectivity index (χ2v) is 5.22. The molecular weight excluding hydrogens is 256 g/mol. The SMILES string of the molecule is C.CO.O=C=O.c1ccc([SiH2]c2ccccc2)cc1. The molecule has 102 valence electrons. The van der Waals surface area contributed by atoms with Crippen molar-refractivity contribution in [2.75, 3.05) is 7.11 Å². The maximum Gasteiger partial charge on any atom is 0.373 e. The molecule has 1 N–H and O–H groups in total. The van der Waals surface area contributed by atoms with E-state index in [0.717, 1.165) is 7.11 Å².